The van der Waals surface area contributed by atoms with Crippen molar-refractivity contribution in [1.29, 1.82) is 5.26 Å². The minimum Gasteiger partial charge on any atom is -0.443 e. The molecule has 3 atom stereocenters. The predicted octanol–water partition coefficient (Wildman–Crippen LogP) is 3.98. The van der Waals surface area contributed by atoms with Gasteiger partial charge in [0, 0.05) is 36.1 Å². The average Bonchev–Trinajstić information content (AvgIpc) is 3.25. The molecule has 4 aromatic heterocycles. The quantitative estimate of drug-likeness (QED) is 0.332. The zero-order valence-electron chi connectivity index (χ0n) is 20.9. The van der Waals surface area contributed by atoms with E-state index in [0.29, 0.717) is 42.0 Å². The normalized spacial score (nSPS) is 21.1. The van der Waals surface area contributed by atoms with Gasteiger partial charge in [0.25, 0.3) is 0 Å². The van der Waals surface area contributed by atoms with Crippen LogP contribution in [0.5, 0.6) is 0 Å². The van der Waals surface area contributed by atoms with Crippen LogP contribution in [0.15, 0.2) is 30.7 Å². The number of anilines is 2. The van der Waals surface area contributed by atoms with Crippen molar-refractivity contribution in [2.24, 2.45) is 0 Å². The Morgan fingerprint density at radius 1 is 1.32 bits per heavy atom. The van der Waals surface area contributed by atoms with Crippen LogP contribution in [0.4, 0.5) is 21.0 Å². The second kappa shape index (κ2) is 9.44. The molecule has 12 nitrogen and oxygen atoms in total. The Kier molecular flexibility index (Phi) is 5.94. The molecule has 4 aromatic rings. The third-order valence-corrected chi connectivity index (χ3v) is 6.85. The largest absolute Gasteiger partial charge is 0.443 e. The van der Waals surface area contributed by atoms with Gasteiger partial charge < -0.3 is 15.4 Å². The minimum atomic E-state index is -1.35. The highest BCUT2D eigenvalue weighted by molar-refractivity contribution is 5.77. The summed E-state index contributed by atoms with van der Waals surface area (Å²) >= 11 is 0. The van der Waals surface area contributed by atoms with Crippen LogP contribution in [-0.4, -0.2) is 58.8 Å². The summed E-state index contributed by atoms with van der Waals surface area (Å²) < 4.78 is 24.1. The van der Waals surface area contributed by atoms with Crippen molar-refractivity contribution in [2.45, 2.75) is 69.8 Å². The van der Waals surface area contributed by atoms with Crippen molar-refractivity contribution in [1.82, 2.24) is 39.7 Å². The lowest BCUT2D eigenvalue weighted by Gasteiger charge is -2.18. The predicted molar refractivity (Wildman–Crippen MR) is 134 cm³/mol. The molecule has 0 unspecified atom stereocenters. The molecule has 4 heterocycles. The molecule has 13 heteroatoms. The van der Waals surface area contributed by atoms with E-state index in [9.17, 15) is 10.1 Å². The summed E-state index contributed by atoms with van der Waals surface area (Å²) in [7, 11) is 0. The zero-order valence-corrected chi connectivity index (χ0v) is 20.9. The van der Waals surface area contributed by atoms with Gasteiger partial charge in [0.15, 0.2) is 17.2 Å². The van der Waals surface area contributed by atoms with Crippen LogP contribution in [0.25, 0.3) is 16.9 Å². The van der Waals surface area contributed by atoms with E-state index in [-0.39, 0.29) is 11.7 Å². The van der Waals surface area contributed by atoms with Gasteiger partial charge in [-0.1, -0.05) is 0 Å². The molecule has 2 saturated carbocycles. The number of fused-ring (bicyclic) bond motifs is 1. The summed E-state index contributed by atoms with van der Waals surface area (Å²) in [5.41, 5.74) is 3.07. The molecule has 6 rings (SSSR count). The fourth-order valence-electron chi connectivity index (χ4n) is 4.93. The molecule has 196 valence electrons. The summed E-state index contributed by atoms with van der Waals surface area (Å²) in [6.45, 7) is 3.63. The summed E-state index contributed by atoms with van der Waals surface area (Å²) in [4.78, 5) is 21.0. The molecule has 0 saturated heterocycles. The molecule has 0 spiro atoms. The fourth-order valence-corrected chi connectivity index (χ4v) is 4.93. The lowest BCUT2D eigenvalue weighted by atomic mass is 10.0. The van der Waals surface area contributed by atoms with Crippen LogP contribution < -0.4 is 10.6 Å². The first-order valence-corrected chi connectivity index (χ1v) is 12.7. The second-order valence-corrected chi connectivity index (χ2v) is 10.0. The van der Waals surface area contributed by atoms with Gasteiger partial charge in [0.2, 0.25) is 5.95 Å². The number of H-pyrrole nitrogens is 1. The van der Waals surface area contributed by atoms with E-state index in [0.717, 1.165) is 24.1 Å². The summed E-state index contributed by atoms with van der Waals surface area (Å²) in [6.07, 6.45) is 5.38. The summed E-state index contributed by atoms with van der Waals surface area (Å²) in [6, 6.07) is 6.01. The molecule has 1 amide bonds. The number of rotatable bonds is 7. The van der Waals surface area contributed by atoms with Gasteiger partial charge in [-0.3, -0.25) is 14.2 Å². The Balaban J connectivity index is 1.23. The molecule has 0 bridgehead atoms. The number of amides is 1. The van der Waals surface area contributed by atoms with Gasteiger partial charge in [-0.25, -0.2) is 19.2 Å². The van der Waals surface area contributed by atoms with Gasteiger partial charge in [-0.15, -0.1) is 0 Å². The highest BCUT2D eigenvalue weighted by Crippen LogP contribution is 2.40. The van der Waals surface area contributed by atoms with E-state index < -0.39 is 24.3 Å². The number of hydrogen-bond acceptors (Lipinski definition) is 8. The summed E-state index contributed by atoms with van der Waals surface area (Å²) in [5.74, 6) is 0.361. The maximum atomic E-state index is 15.2. The number of imidazole rings is 1. The van der Waals surface area contributed by atoms with Crippen molar-refractivity contribution in [3.05, 3.63) is 42.1 Å². The third-order valence-electron chi connectivity index (χ3n) is 6.85. The Morgan fingerprint density at radius 2 is 2.16 bits per heavy atom. The lowest BCUT2D eigenvalue weighted by Crippen LogP contribution is -2.36. The number of aromatic nitrogens is 7. The van der Waals surface area contributed by atoms with Gasteiger partial charge >= 0.3 is 6.09 Å². The molecular formula is C25H27FN10O2. The maximum Gasteiger partial charge on any atom is 0.407 e. The maximum absolute atomic E-state index is 15.2. The van der Waals surface area contributed by atoms with Crippen LogP contribution >= 0.6 is 0 Å². The third kappa shape index (κ3) is 4.42. The first-order valence-electron chi connectivity index (χ1n) is 12.7. The Labute approximate surface area is 217 Å². The molecule has 0 radical (unpaired) electrons. The fraction of sp³-hybridized carbons (Fsp3) is 0.440. The Morgan fingerprint density at radius 3 is 2.92 bits per heavy atom. The van der Waals surface area contributed by atoms with E-state index in [1.807, 2.05) is 24.6 Å². The number of hydrogen-bond donors (Lipinski definition) is 3. The standard InChI is InChI=1S/C25H27FN10O2/c1-13(2)30-25(37)38-20-6-5-16(22(20)26)18-9-21(34-33-18)32-24-28-11-17(23-31-14(10-27)12-35(23)24)19-7-8-29-36(19)15-3-4-15/h7-9,11-13,15-16,20,22H,3-6H2,1-2H3,(H,30,37)(H2,28,32,33,34)/t16-,20-,22-/m1/s1. The number of ether oxygens (including phenoxy) is 1. The monoisotopic (exact) mass is 518 g/mol. The van der Waals surface area contributed by atoms with E-state index in [1.165, 1.54) is 0 Å². The zero-order chi connectivity index (χ0) is 26.4. The minimum absolute atomic E-state index is 0.0896. The number of nitriles is 1. The Hall–Kier alpha value is -4.47. The number of halogens is 1. The average molecular weight is 519 g/mol. The van der Waals surface area contributed by atoms with E-state index in [4.69, 9.17) is 4.74 Å². The van der Waals surface area contributed by atoms with Crippen LogP contribution in [0.3, 0.4) is 0 Å². The van der Waals surface area contributed by atoms with Gasteiger partial charge in [0.05, 0.1) is 23.5 Å². The second-order valence-electron chi connectivity index (χ2n) is 10.0. The lowest BCUT2D eigenvalue weighted by molar-refractivity contribution is 0.0555. The van der Waals surface area contributed by atoms with Crippen LogP contribution in [0, 0.1) is 11.3 Å². The van der Waals surface area contributed by atoms with Crippen molar-refractivity contribution < 1.29 is 13.9 Å². The smallest absolute Gasteiger partial charge is 0.407 e. The van der Waals surface area contributed by atoms with Crippen molar-refractivity contribution in [3.63, 3.8) is 0 Å². The molecule has 3 N–H and O–H groups in total. The van der Waals surface area contributed by atoms with Gasteiger partial charge in [-0.05, 0) is 45.6 Å². The van der Waals surface area contributed by atoms with Gasteiger partial charge in [0.1, 0.15) is 18.3 Å². The van der Waals surface area contributed by atoms with E-state index in [2.05, 4.69) is 42.0 Å². The van der Waals surface area contributed by atoms with E-state index in [1.54, 1.807) is 29.1 Å². The summed E-state index contributed by atoms with van der Waals surface area (Å²) in [5, 5.41) is 26.9. The number of carbonyl (C=O) groups is 1. The van der Waals surface area contributed by atoms with Gasteiger partial charge in [-0.2, -0.15) is 15.5 Å². The molecular weight excluding hydrogens is 491 g/mol. The van der Waals surface area contributed by atoms with Crippen LogP contribution in [-0.2, 0) is 4.74 Å². The molecule has 0 aromatic carbocycles. The van der Waals surface area contributed by atoms with Crippen molar-refractivity contribution >= 4 is 23.5 Å². The van der Waals surface area contributed by atoms with E-state index >= 15 is 4.39 Å². The Bertz CT molecular complexity index is 1530. The SMILES string of the molecule is CC(C)NC(=O)O[C@@H]1CC[C@H](c2cc(Nc3ncc(-c4ccnn4C4CC4)c4nc(C#N)cn34)n[nH]2)[C@H]1F. The molecule has 2 aliphatic rings. The topological polar surface area (TPSA) is 151 Å². The van der Waals surface area contributed by atoms with Crippen LogP contribution in [0.1, 0.15) is 62.9 Å². The number of alkyl carbamates (subject to hydrolysis) is 1. The molecule has 2 fully saturated rings. The van der Waals surface area contributed by atoms with Crippen molar-refractivity contribution in [2.75, 3.05) is 5.32 Å². The number of nitrogens with zero attached hydrogens (tertiary/aromatic N) is 7. The number of alkyl halides is 1. The highest BCUT2D eigenvalue weighted by Gasteiger charge is 2.41. The molecule has 38 heavy (non-hydrogen) atoms. The highest BCUT2D eigenvalue weighted by atomic mass is 19.1. The van der Waals surface area contributed by atoms with Crippen molar-refractivity contribution in [3.8, 4) is 17.3 Å². The van der Waals surface area contributed by atoms with Crippen LogP contribution in [0.2, 0.25) is 0 Å². The number of carbonyl (C=O) groups excluding carboxylic acids is 1. The first kappa shape index (κ1) is 23.9. The molecule has 2 aliphatic carbocycles. The number of aromatic amines is 1. The molecule has 0 aliphatic heterocycles. The first-order chi connectivity index (χ1) is 18.4. The number of nitrogens with one attached hydrogen (secondary N) is 3.